The van der Waals surface area contributed by atoms with E-state index in [1.807, 2.05) is 48.8 Å². The van der Waals surface area contributed by atoms with Crippen molar-refractivity contribution in [3.05, 3.63) is 59.9 Å². The number of aliphatic carboxylic acids is 1. The average molecular weight is 314 g/mol. The van der Waals surface area contributed by atoms with Crippen LogP contribution in [0.4, 0.5) is 0 Å². The zero-order valence-electron chi connectivity index (χ0n) is 13.0. The number of aryl methyl sites for hydroxylation is 1. The van der Waals surface area contributed by atoms with Crippen LogP contribution in [0.3, 0.4) is 0 Å². The third-order valence-electron chi connectivity index (χ3n) is 3.57. The van der Waals surface area contributed by atoms with Crippen LogP contribution in [0.1, 0.15) is 24.0 Å². The van der Waals surface area contributed by atoms with Gasteiger partial charge in [-0.1, -0.05) is 12.1 Å². The van der Waals surface area contributed by atoms with Gasteiger partial charge in [0.2, 0.25) is 0 Å². The van der Waals surface area contributed by atoms with E-state index in [1.165, 1.54) is 5.56 Å². The van der Waals surface area contributed by atoms with E-state index >= 15 is 0 Å². The van der Waals surface area contributed by atoms with Crippen molar-refractivity contribution >= 4 is 5.97 Å². The molecular weight excluding hydrogens is 292 g/mol. The standard InChI is InChI=1S/C18H22N2O3/c19-17(18(21)22)13-15-4-6-16(7-5-15)23-12-2-1-3-14-8-10-20-11-9-14/h4-11,17H,1-3,12-13,19H2,(H,21,22). The van der Waals surface area contributed by atoms with Crippen LogP contribution in [0.2, 0.25) is 0 Å². The molecule has 23 heavy (non-hydrogen) atoms. The van der Waals surface area contributed by atoms with Crippen molar-refractivity contribution in [3.8, 4) is 5.75 Å². The molecule has 0 aliphatic heterocycles. The van der Waals surface area contributed by atoms with Crippen LogP contribution in [-0.2, 0) is 17.6 Å². The molecule has 5 heteroatoms. The molecule has 1 unspecified atom stereocenters. The van der Waals surface area contributed by atoms with Crippen LogP contribution in [0, 0.1) is 0 Å². The van der Waals surface area contributed by atoms with Gasteiger partial charge in [-0.15, -0.1) is 0 Å². The number of aromatic nitrogens is 1. The summed E-state index contributed by atoms with van der Waals surface area (Å²) in [5.74, 6) is -0.193. The van der Waals surface area contributed by atoms with Gasteiger partial charge in [-0.25, -0.2) is 0 Å². The highest BCUT2D eigenvalue weighted by molar-refractivity contribution is 5.73. The molecule has 0 amide bonds. The number of unbranched alkanes of at least 4 members (excludes halogenated alkanes) is 1. The number of nitrogens with two attached hydrogens (primary N) is 1. The molecule has 5 nitrogen and oxygen atoms in total. The molecule has 0 radical (unpaired) electrons. The maximum absolute atomic E-state index is 10.7. The molecule has 2 aromatic rings. The molecule has 0 bridgehead atoms. The molecule has 0 saturated heterocycles. The Balaban J connectivity index is 1.67. The summed E-state index contributed by atoms with van der Waals surface area (Å²) in [6.07, 6.45) is 7.01. The molecule has 1 aromatic heterocycles. The van der Waals surface area contributed by atoms with E-state index in [1.54, 1.807) is 0 Å². The summed E-state index contributed by atoms with van der Waals surface area (Å²) in [6, 6.07) is 10.6. The van der Waals surface area contributed by atoms with Crippen molar-refractivity contribution in [2.24, 2.45) is 5.73 Å². The third kappa shape index (κ3) is 6.08. The van der Waals surface area contributed by atoms with E-state index < -0.39 is 12.0 Å². The molecule has 0 spiro atoms. The predicted octanol–water partition coefficient (Wildman–Crippen LogP) is 2.44. The molecule has 0 aliphatic rings. The lowest BCUT2D eigenvalue weighted by molar-refractivity contribution is -0.138. The average Bonchev–Trinajstić information content (AvgIpc) is 2.57. The normalized spacial score (nSPS) is 11.9. The second-order valence-corrected chi connectivity index (χ2v) is 5.45. The molecule has 1 atom stereocenters. The first-order chi connectivity index (χ1) is 11.1. The Hall–Kier alpha value is -2.40. The number of rotatable bonds is 9. The molecule has 0 aliphatic carbocycles. The number of hydrogen-bond donors (Lipinski definition) is 2. The van der Waals surface area contributed by atoms with Crippen LogP contribution in [0.25, 0.3) is 0 Å². The van der Waals surface area contributed by atoms with E-state index in [0.29, 0.717) is 13.0 Å². The van der Waals surface area contributed by atoms with Crippen molar-refractivity contribution in [3.63, 3.8) is 0 Å². The first-order valence-corrected chi connectivity index (χ1v) is 7.74. The van der Waals surface area contributed by atoms with Gasteiger partial charge >= 0.3 is 5.97 Å². The largest absolute Gasteiger partial charge is 0.494 e. The fraction of sp³-hybridized carbons (Fsp3) is 0.333. The summed E-state index contributed by atoms with van der Waals surface area (Å²) in [5, 5.41) is 8.79. The van der Waals surface area contributed by atoms with Gasteiger partial charge in [-0.3, -0.25) is 9.78 Å². The first kappa shape index (κ1) is 17.0. The summed E-state index contributed by atoms with van der Waals surface area (Å²) in [4.78, 5) is 14.7. The smallest absolute Gasteiger partial charge is 0.320 e. The highest BCUT2D eigenvalue weighted by Gasteiger charge is 2.11. The van der Waals surface area contributed by atoms with Crippen molar-refractivity contribution in [1.82, 2.24) is 4.98 Å². The van der Waals surface area contributed by atoms with Crippen molar-refractivity contribution in [1.29, 1.82) is 0 Å². The fourth-order valence-electron chi connectivity index (χ4n) is 2.23. The Kier molecular flexibility index (Phi) is 6.56. The number of nitrogens with zero attached hydrogens (tertiary/aromatic N) is 1. The third-order valence-corrected chi connectivity index (χ3v) is 3.57. The van der Waals surface area contributed by atoms with Crippen LogP contribution in [-0.4, -0.2) is 28.7 Å². The van der Waals surface area contributed by atoms with Gasteiger partial charge in [0.15, 0.2) is 0 Å². The second kappa shape index (κ2) is 8.90. The number of carboxylic acid groups (broad SMARTS) is 1. The Morgan fingerprint density at radius 1 is 1.09 bits per heavy atom. The van der Waals surface area contributed by atoms with Gasteiger partial charge in [0.1, 0.15) is 11.8 Å². The topological polar surface area (TPSA) is 85.4 Å². The van der Waals surface area contributed by atoms with Crippen LogP contribution < -0.4 is 10.5 Å². The highest BCUT2D eigenvalue weighted by Crippen LogP contribution is 2.14. The Morgan fingerprint density at radius 3 is 2.43 bits per heavy atom. The van der Waals surface area contributed by atoms with Gasteiger partial charge in [-0.05, 0) is 61.1 Å². The Labute approximate surface area is 136 Å². The minimum absolute atomic E-state index is 0.321. The van der Waals surface area contributed by atoms with E-state index in [-0.39, 0.29) is 0 Å². The minimum atomic E-state index is -0.987. The fourth-order valence-corrected chi connectivity index (χ4v) is 2.23. The molecule has 3 N–H and O–H groups in total. The van der Waals surface area contributed by atoms with Gasteiger partial charge in [0.05, 0.1) is 6.61 Å². The second-order valence-electron chi connectivity index (χ2n) is 5.45. The molecule has 2 rings (SSSR count). The molecule has 122 valence electrons. The van der Waals surface area contributed by atoms with Gasteiger partial charge in [0.25, 0.3) is 0 Å². The summed E-state index contributed by atoms with van der Waals surface area (Å²) in [6.45, 7) is 0.666. The molecule has 1 aromatic carbocycles. The van der Waals surface area contributed by atoms with E-state index in [2.05, 4.69) is 4.98 Å². The maximum Gasteiger partial charge on any atom is 0.320 e. The monoisotopic (exact) mass is 314 g/mol. The lowest BCUT2D eigenvalue weighted by Crippen LogP contribution is -2.32. The lowest BCUT2D eigenvalue weighted by atomic mass is 10.1. The van der Waals surface area contributed by atoms with E-state index in [9.17, 15) is 4.79 Å². The number of hydrogen-bond acceptors (Lipinski definition) is 4. The number of benzene rings is 1. The Morgan fingerprint density at radius 2 is 1.78 bits per heavy atom. The first-order valence-electron chi connectivity index (χ1n) is 7.74. The lowest BCUT2D eigenvalue weighted by Gasteiger charge is -2.09. The van der Waals surface area contributed by atoms with Crippen LogP contribution >= 0.6 is 0 Å². The van der Waals surface area contributed by atoms with Crippen molar-refractivity contribution < 1.29 is 14.6 Å². The SMILES string of the molecule is NC(Cc1ccc(OCCCCc2ccncc2)cc1)C(=O)O. The molecule has 0 saturated carbocycles. The van der Waals surface area contributed by atoms with Gasteiger partial charge in [0, 0.05) is 12.4 Å². The quantitative estimate of drug-likeness (QED) is 0.694. The van der Waals surface area contributed by atoms with Gasteiger partial charge < -0.3 is 15.6 Å². The molecule has 0 fully saturated rings. The zero-order chi connectivity index (χ0) is 16.5. The zero-order valence-corrected chi connectivity index (χ0v) is 13.0. The summed E-state index contributed by atoms with van der Waals surface area (Å²) >= 11 is 0. The minimum Gasteiger partial charge on any atom is -0.494 e. The van der Waals surface area contributed by atoms with Gasteiger partial charge in [-0.2, -0.15) is 0 Å². The van der Waals surface area contributed by atoms with Crippen LogP contribution in [0.15, 0.2) is 48.8 Å². The maximum atomic E-state index is 10.7. The predicted molar refractivity (Wildman–Crippen MR) is 88.4 cm³/mol. The number of ether oxygens (including phenoxy) is 1. The summed E-state index contributed by atoms with van der Waals surface area (Å²) in [7, 11) is 0. The summed E-state index contributed by atoms with van der Waals surface area (Å²) in [5.41, 5.74) is 7.70. The number of carbonyl (C=O) groups is 1. The highest BCUT2D eigenvalue weighted by atomic mass is 16.5. The van der Waals surface area contributed by atoms with Crippen molar-refractivity contribution in [2.75, 3.05) is 6.61 Å². The number of pyridine rings is 1. The van der Waals surface area contributed by atoms with Crippen LogP contribution in [0.5, 0.6) is 5.75 Å². The van der Waals surface area contributed by atoms with E-state index in [0.717, 1.165) is 30.6 Å². The Bertz CT molecular complexity index is 599. The summed E-state index contributed by atoms with van der Waals surface area (Å²) < 4.78 is 5.69. The number of carboxylic acids is 1. The van der Waals surface area contributed by atoms with E-state index in [4.69, 9.17) is 15.6 Å². The molecule has 1 heterocycles. The van der Waals surface area contributed by atoms with Crippen molar-refractivity contribution in [2.45, 2.75) is 31.7 Å². The molecular formula is C18H22N2O3.